The van der Waals surface area contributed by atoms with Crippen LogP contribution in [0.25, 0.3) is 0 Å². The van der Waals surface area contributed by atoms with E-state index < -0.39 is 0 Å². The Hall–Kier alpha value is -0.0397. The fourth-order valence-electron chi connectivity index (χ4n) is 0.342. The molecule has 1 aromatic rings. The summed E-state index contributed by atoms with van der Waals surface area (Å²) in [5.74, 6) is 0. The molecule has 0 N–H and O–H groups in total. The van der Waals surface area contributed by atoms with Gasteiger partial charge in [-0.25, -0.2) is 12.8 Å². The van der Waals surface area contributed by atoms with Gasteiger partial charge in [-0.05, 0) is 0 Å². The molecule has 0 atom stereocenters. The Labute approximate surface area is 78.2 Å². The fraction of sp³-hybridized carbons (Fsp3) is 0.222. The molecule has 1 saturated carbocycles. The molecule has 0 bridgehead atoms. The van der Waals surface area contributed by atoms with Crippen molar-refractivity contribution < 1.29 is 22.4 Å². The number of rotatable bonds is 0. The van der Waals surface area contributed by atoms with E-state index in [0.29, 0.717) is 0 Å². The molecular weight excluding hydrogens is 201 g/mol. The van der Waals surface area contributed by atoms with Crippen molar-refractivity contribution in [3.8, 4) is 0 Å². The summed E-state index contributed by atoms with van der Waals surface area (Å²) in [6.07, 6.45) is 5.00. The SMILES string of the molecule is [CH-]1CC1.[Nb+2].[c-]1ccccc1. The molecule has 1 aromatic carbocycles. The van der Waals surface area contributed by atoms with Gasteiger partial charge >= 0.3 is 22.4 Å². The maximum Gasteiger partial charge on any atom is 2.00 e. The second-order valence-corrected chi connectivity index (χ2v) is 1.94. The zero-order chi connectivity index (χ0) is 6.36. The minimum Gasteiger partial charge on any atom is -0.333 e. The fourth-order valence-corrected chi connectivity index (χ4v) is 0.342. The van der Waals surface area contributed by atoms with Crippen molar-refractivity contribution in [1.29, 1.82) is 0 Å². The van der Waals surface area contributed by atoms with Crippen molar-refractivity contribution in [3.05, 3.63) is 42.8 Å². The van der Waals surface area contributed by atoms with Gasteiger partial charge in [0, 0.05) is 0 Å². The Morgan fingerprint density at radius 3 is 1.60 bits per heavy atom. The Balaban J connectivity index is 0.000000174. The van der Waals surface area contributed by atoms with Crippen LogP contribution in [0.2, 0.25) is 0 Å². The summed E-state index contributed by atoms with van der Waals surface area (Å²) in [7, 11) is 0. The van der Waals surface area contributed by atoms with E-state index in [0.717, 1.165) is 0 Å². The van der Waals surface area contributed by atoms with E-state index in [4.69, 9.17) is 0 Å². The van der Waals surface area contributed by atoms with Crippen LogP contribution in [0.1, 0.15) is 12.8 Å². The molecule has 0 nitrogen and oxygen atoms in total. The topological polar surface area (TPSA) is 0 Å². The first-order valence-electron chi connectivity index (χ1n) is 3.23. The summed E-state index contributed by atoms with van der Waals surface area (Å²) in [5, 5.41) is 0. The molecule has 0 saturated heterocycles. The molecule has 51 valence electrons. The van der Waals surface area contributed by atoms with Crippen molar-refractivity contribution in [1.82, 2.24) is 0 Å². The van der Waals surface area contributed by atoms with Crippen LogP contribution in [-0.2, 0) is 22.4 Å². The third-order valence-electron chi connectivity index (χ3n) is 0.896. The monoisotopic (exact) mass is 211 g/mol. The predicted octanol–water partition coefficient (Wildman–Crippen LogP) is 2.47. The Kier molecular flexibility index (Phi) is 7.04. The third-order valence-corrected chi connectivity index (χ3v) is 0.896. The molecule has 2 rings (SSSR count). The van der Waals surface area contributed by atoms with Gasteiger partial charge in [0.15, 0.2) is 0 Å². The van der Waals surface area contributed by atoms with Crippen molar-refractivity contribution >= 4 is 0 Å². The zero-order valence-corrected chi connectivity index (χ0v) is 8.02. The van der Waals surface area contributed by atoms with Crippen LogP contribution >= 0.6 is 0 Å². The summed E-state index contributed by atoms with van der Waals surface area (Å²) < 4.78 is 0. The zero-order valence-electron chi connectivity index (χ0n) is 5.83. The Bertz CT molecular complexity index is 105. The van der Waals surface area contributed by atoms with Gasteiger partial charge < -0.3 is 6.42 Å². The summed E-state index contributed by atoms with van der Waals surface area (Å²) >= 11 is 0. The van der Waals surface area contributed by atoms with Crippen LogP contribution in [0.5, 0.6) is 0 Å². The van der Waals surface area contributed by atoms with Gasteiger partial charge in [-0.1, -0.05) is 0 Å². The van der Waals surface area contributed by atoms with Gasteiger partial charge in [-0.2, -0.15) is 36.4 Å². The van der Waals surface area contributed by atoms with Gasteiger partial charge in [0.05, 0.1) is 0 Å². The van der Waals surface area contributed by atoms with E-state index in [2.05, 4.69) is 12.5 Å². The van der Waals surface area contributed by atoms with Gasteiger partial charge in [0.1, 0.15) is 0 Å². The molecule has 0 aliphatic heterocycles. The summed E-state index contributed by atoms with van der Waals surface area (Å²) in [5.41, 5.74) is 0. The first kappa shape index (κ1) is 9.96. The van der Waals surface area contributed by atoms with E-state index >= 15 is 0 Å². The average Bonchev–Trinajstić information content (AvgIpc) is 2.76. The third kappa shape index (κ3) is 7.96. The molecule has 1 radical (unpaired) electrons. The molecule has 1 fully saturated rings. The Morgan fingerprint density at radius 1 is 1.00 bits per heavy atom. The van der Waals surface area contributed by atoms with E-state index in [1.165, 1.54) is 12.8 Å². The molecule has 0 amide bonds. The average molecular weight is 211 g/mol. The normalized spacial score (nSPS) is 12.0. The first-order chi connectivity index (χ1) is 4.50. The van der Waals surface area contributed by atoms with Crippen LogP contribution in [0.3, 0.4) is 0 Å². The van der Waals surface area contributed by atoms with Crippen molar-refractivity contribution in [2.45, 2.75) is 12.8 Å². The molecule has 0 aromatic heterocycles. The largest absolute Gasteiger partial charge is 2.00 e. The smallest absolute Gasteiger partial charge is 0.333 e. The van der Waals surface area contributed by atoms with Gasteiger partial charge in [-0.3, -0.25) is 0 Å². The second kappa shape index (κ2) is 7.07. The minimum absolute atomic E-state index is 0. The van der Waals surface area contributed by atoms with Crippen LogP contribution in [0.4, 0.5) is 0 Å². The number of benzene rings is 1. The Morgan fingerprint density at radius 2 is 1.50 bits per heavy atom. The molecular formula is C9H10Nb. The summed E-state index contributed by atoms with van der Waals surface area (Å²) in [4.78, 5) is 0. The second-order valence-electron chi connectivity index (χ2n) is 1.94. The molecule has 1 aliphatic carbocycles. The summed E-state index contributed by atoms with van der Waals surface area (Å²) in [6, 6.07) is 12.5. The number of hydrogen-bond donors (Lipinski definition) is 0. The molecule has 0 spiro atoms. The van der Waals surface area contributed by atoms with Gasteiger partial charge in [0.2, 0.25) is 0 Å². The predicted molar refractivity (Wildman–Crippen MR) is 38.8 cm³/mol. The van der Waals surface area contributed by atoms with E-state index in [1.807, 2.05) is 30.3 Å². The van der Waals surface area contributed by atoms with Crippen LogP contribution in [-0.4, -0.2) is 0 Å². The standard InChI is InChI=1S/C6H5.C3H5.Nb/c1-2-4-6-5-3-1;1-2-3-1;/h1-5H;1H,2-3H2;/q2*-1;+2. The van der Waals surface area contributed by atoms with Crippen LogP contribution < -0.4 is 0 Å². The van der Waals surface area contributed by atoms with E-state index in [1.54, 1.807) is 0 Å². The quantitative estimate of drug-likeness (QED) is 0.456. The number of hydrogen-bond acceptors (Lipinski definition) is 0. The molecule has 10 heavy (non-hydrogen) atoms. The van der Waals surface area contributed by atoms with Gasteiger partial charge in [0.25, 0.3) is 0 Å². The summed E-state index contributed by atoms with van der Waals surface area (Å²) in [6.45, 7) is 0. The molecule has 1 aliphatic rings. The van der Waals surface area contributed by atoms with Crippen molar-refractivity contribution in [3.63, 3.8) is 0 Å². The maximum atomic E-state index is 2.89. The van der Waals surface area contributed by atoms with Crippen molar-refractivity contribution in [2.24, 2.45) is 0 Å². The van der Waals surface area contributed by atoms with E-state index in [-0.39, 0.29) is 22.4 Å². The van der Waals surface area contributed by atoms with Crippen LogP contribution in [0.15, 0.2) is 30.3 Å². The minimum atomic E-state index is 0. The van der Waals surface area contributed by atoms with Crippen LogP contribution in [0, 0.1) is 12.5 Å². The first-order valence-corrected chi connectivity index (χ1v) is 3.23. The molecule has 0 heterocycles. The molecule has 0 unspecified atom stereocenters. The van der Waals surface area contributed by atoms with E-state index in [9.17, 15) is 0 Å². The maximum absolute atomic E-state index is 2.89. The molecule has 1 heteroatoms. The van der Waals surface area contributed by atoms with Gasteiger partial charge in [-0.15, -0.1) is 0 Å². The van der Waals surface area contributed by atoms with Crippen molar-refractivity contribution in [2.75, 3.05) is 0 Å².